The fourth-order valence-corrected chi connectivity index (χ4v) is 3.19. The zero-order valence-corrected chi connectivity index (χ0v) is 19.2. The summed E-state index contributed by atoms with van der Waals surface area (Å²) < 4.78 is 15.4. The van der Waals surface area contributed by atoms with Gasteiger partial charge in [0.05, 0.1) is 32.8 Å². The predicted octanol–water partition coefficient (Wildman–Crippen LogP) is 2.92. The van der Waals surface area contributed by atoms with Gasteiger partial charge in [-0.05, 0) is 54.5 Å². The van der Waals surface area contributed by atoms with E-state index in [-0.39, 0.29) is 18.9 Å². The molecule has 0 aliphatic heterocycles. The average Bonchev–Trinajstić information content (AvgIpc) is 2.83. The van der Waals surface area contributed by atoms with Gasteiger partial charge in [0.25, 0.3) is 0 Å². The zero-order valence-electron chi connectivity index (χ0n) is 19.2. The van der Waals surface area contributed by atoms with Crippen molar-refractivity contribution in [1.82, 2.24) is 5.48 Å². The number of hydrogen-bond donors (Lipinski definition) is 3. The third kappa shape index (κ3) is 11.6. The van der Waals surface area contributed by atoms with E-state index in [1.54, 1.807) is 12.6 Å². The maximum Gasteiger partial charge on any atom is 0.250 e. The lowest BCUT2D eigenvalue weighted by Crippen LogP contribution is -2.20. The van der Waals surface area contributed by atoms with Crippen LogP contribution in [-0.4, -0.2) is 57.2 Å². The maximum absolute atomic E-state index is 11.9. The third-order valence-corrected chi connectivity index (χ3v) is 4.97. The number of unbranched alkanes of at least 4 members (excludes halogenated alkanes) is 1. The van der Waals surface area contributed by atoms with Crippen molar-refractivity contribution in [3.8, 4) is 0 Å². The van der Waals surface area contributed by atoms with Crippen LogP contribution >= 0.6 is 0 Å². The summed E-state index contributed by atoms with van der Waals surface area (Å²) in [4.78, 5) is 23.1. The number of anilines is 1. The fourth-order valence-electron chi connectivity index (χ4n) is 3.19. The van der Waals surface area contributed by atoms with Crippen molar-refractivity contribution in [2.24, 2.45) is 0 Å². The van der Waals surface area contributed by atoms with Gasteiger partial charge >= 0.3 is 0 Å². The van der Waals surface area contributed by atoms with Gasteiger partial charge in [0, 0.05) is 12.8 Å². The molecule has 0 aliphatic carbocycles. The molecule has 0 atom stereocenters. The van der Waals surface area contributed by atoms with E-state index in [4.69, 9.17) is 19.4 Å². The number of hydrogen-bond acceptors (Lipinski definition) is 6. The number of aryl methyl sites for hydroxylation is 2. The lowest BCUT2D eigenvalue weighted by Gasteiger charge is -2.08. The van der Waals surface area contributed by atoms with Gasteiger partial charge in [-0.2, -0.15) is 0 Å². The number of amides is 2. The third-order valence-electron chi connectivity index (χ3n) is 4.97. The molecule has 0 spiro atoms. The van der Waals surface area contributed by atoms with Gasteiger partial charge in [0.15, 0.2) is 0 Å². The van der Waals surface area contributed by atoms with E-state index in [9.17, 15) is 9.59 Å². The van der Waals surface area contributed by atoms with Crippen LogP contribution in [0, 0.1) is 0 Å². The highest BCUT2D eigenvalue weighted by Gasteiger charge is 2.04. The van der Waals surface area contributed by atoms with Crippen LogP contribution in [0.1, 0.15) is 29.5 Å². The molecular weight excluding hydrogens is 424 g/mol. The highest BCUT2D eigenvalue weighted by molar-refractivity contribution is 5.91. The molecule has 0 heterocycles. The molecule has 0 fully saturated rings. The van der Waals surface area contributed by atoms with Crippen LogP contribution < -0.4 is 10.8 Å². The highest BCUT2D eigenvalue weighted by atomic mass is 16.5. The Morgan fingerprint density at radius 3 is 1.91 bits per heavy atom. The lowest BCUT2D eigenvalue weighted by atomic mass is 10.0. The standard InChI is InChI=1S/C25H34N2O6/c1-31-14-15-32-16-17-33-19-25(29)26-23-12-10-21(11-13-23)5-3-2-4-20-6-8-22(9-7-20)18-24(28)27-30/h6-13,30H,2-5,14-19H2,1H3,(H,26,29)(H,27,28). The van der Waals surface area contributed by atoms with E-state index in [0.717, 1.165) is 36.9 Å². The summed E-state index contributed by atoms with van der Waals surface area (Å²) in [5.41, 5.74) is 5.71. The topological polar surface area (TPSA) is 106 Å². The molecular formula is C25H34N2O6. The van der Waals surface area contributed by atoms with Crippen LogP contribution in [0.15, 0.2) is 48.5 Å². The van der Waals surface area contributed by atoms with Crippen molar-refractivity contribution in [3.63, 3.8) is 0 Å². The summed E-state index contributed by atoms with van der Waals surface area (Å²) in [6.45, 7) is 1.84. The number of ether oxygens (including phenoxy) is 3. The summed E-state index contributed by atoms with van der Waals surface area (Å²) in [6.07, 6.45) is 4.22. The van der Waals surface area contributed by atoms with Gasteiger partial charge in [0.1, 0.15) is 6.61 Å². The Morgan fingerprint density at radius 2 is 1.30 bits per heavy atom. The molecule has 0 radical (unpaired) electrons. The van der Waals surface area contributed by atoms with Crippen molar-refractivity contribution in [2.75, 3.05) is 45.5 Å². The SMILES string of the molecule is COCCOCCOCC(=O)Nc1ccc(CCCCc2ccc(CC(=O)NO)cc2)cc1. The number of nitrogens with one attached hydrogen (secondary N) is 2. The first-order valence-electron chi connectivity index (χ1n) is 11.1. The van der Waals surface area contributed by atoms with Gasteiger partial charge in [-0.15, -0.1) is 0 Å². The average molecular weight is 459 g/mol. The van der Waals surface area contributed by atoms with Crippen molar-refractivity contribution >= 4 is 17.5 Å². The summed E-state index contributed by atoms with van der Waals surface area (Å²) in [7, 11) is 1.62. The Hall–Kier alpha value is -2.78. The number of carbonyl (C=O) groups is 2. The largest absolute Gasteiger partial charge is 0.382 e. The Labute approximate surface area is 195 Å². The van der Waals surface area contributed by atoms with Gasteiger partial charge in [-0.25, -0.2) is 5.48 Å². The zero-order chi connectivity index (χ0) is 23.7. The Kier molecular flexibility index (Phi) is 12.8. The Morgan fingerprint density at radius 1 is 0.758 bits per heavy atom. The lowest BCUT2D eigenvalue weighted by molar-refractivity contribution is -0.128. The molecule has 180 valence electrons. The molecule has 2 rings (SSSR count). The molecule has 0 aliphatic rings. The van der Waals surface area contributed by atoms with E-state index >= 15 is 0 Å². The van der Waals surface area contributed by atoms with Crippen LogP contribution in [0.5, 0.6) is 0 Å². The molecule has 8 heteroatoms. The van der Waals surface area contributed by atoms with Crippen LogP contribution in [0.2, 0.25) is 0 Å². The van der Waals surface area contributed by atoms with E-state index in [0.29, 0.717) is 26.4 Å². The number of carbonyl (C=O) groups excluding carboxylic acids is 2. The first-order chi connectivity index (χ1) is 16.1. The minimum absolute atomic E-state index is 0.00893. The normalized spacial score (nSPS) is 10.7. The molecule has 8 nitrogen and oxygen atoms in total. The summed E-state index contributed by atoms with van der Waals surface area (Å²) in [5, 5.41) is 11.4. The van der Waals surface area contributed by atoms with Gasteiger partial charge < -0.3 is 19.5 Å². The van der Waals surface area contributed by atoms with Crippen LogP contribution in [0.25, 0.3) is 0 Å². The molecule has 0 unspecified atom stereocenters. The van der Waals surface area contributed by atoms with Gasteiger partial charge in [-0.1, -0.05) is 36.4 Å². The first kappa shape index (κ1) is 26.5. The highest BCUT2D eigenvalue weighted by Crippen LogP contribution is 2.14. The molecule has 0 saturated carbocycles. The van der Waals surface area contributed by atoms with E-state index in [2.05, 4.69) is 5.32 Å². The number of hydroxylamine groups is 1. The quantitative estimate of drug-likeness (QED) is 0.203. The summed E-state index contributed by atoms with van der Waals surface area (Å²) in [6, 6.07) is 15.7. The minimum Gasteiger partial charge on any atom is -0.382 e. The monoisotopic (exact) mass is 458 g/mol. The second-order valence-corrected chi connectivity index (χ2v) is 7.64. The van der Waals surface area contributed by atoms with Crippen LogP contribution in [0.4, 0.5) is 5.69 Å². The molecule has 2 aromatic carbocycles. The second-order valence-electron chi connectivity index (χ2n) is 7.64. The van der Waals surface area contributed by atoms with E-state index < -0.39 is 5.91 Å². The number of benzene rings is 2. The fraction of sp³-hybridized carbons (Fsp3) is 0.440. The molecule has 2 amide bonds. The predicted molar refractivity (Wildman–Crippen MR) is 125 cm³/mol. The summed E-state index contributed by atoms with van der Waals surface area (Å²) >= 11 is 0. The van der Waals surface area contributed by atoms with Crippen molar-refractivity contribution in [2.45, 2.75) is 32.1 Å². The molecule has 0 bridgehead atoms. The Balaban J connectivity index is 1.59. The Bertz CT molecular complexity index is 824. The maximum atomic E-state index is 11.9. The molecule has 0 saturated heterocycles. The summed E-state index contributed by atoms with van der Waals surface area (Å²) in [5.74, 6) is -0.608. The molecule has 0 aromatic heterocycles. The van der Waals surface area contributed by atoms with Crippen molar-refractivity contribution < 1.29 is 29.0 Å². The molecule has 2 aromatic rings. The number of rotatable bonds is 16. The smallest absolute Gasteiger partial charge is 0.250 e. The molecule has 3 N–H and O–H groups in total. The van der Waals surface area contributed by atoms with E-state index in [1.807, 2.05) is 48.5 Å². The second kappa shape index (κ2) is 15.9. The van der Waals surface area contributed by atoms with Crippen LogP contribution in [0.3, 0.4) is 0 Å². The molecule has 33 heavy (non-hydrogen) atoms. The first-order valence-corrected chi connectivity index (χ1v) is 11.1. The van der Waals surface area contributed by atoms with E-state index in [1.165, 1.54) is 11.1 Å². The minimum atomic E-state index is -0.416. The van der Waals surface area contributed by atoms with Crippen molar-refractivity contribution in [3.05, 3.63) is 65.2 Å². The van der Waals surface area contributed by atoms with Crippen LogP contribution in [-0.2, 0) is 43.1 Å². The van der Waals surface area contributed by atoms with Gasteiger partial charge in [-0.3, -0.25) is 14.8 Å². The van der Waals surface area contributed by atoms with Gasteiger partial charge in [0.2, 0.25) is 11.8 Å². The van der Waals surface area contributed by atoms with Crippen molar-refractivity contribution in [1.29, 1.82) is 0 Å². The number of methoxy groups -OCH3 is 1.